The summed E-state index contributed by atoms with van der Waals surface area (Å²) in [6, 6.07) is 11.8. The summed E-state index contributed by atoms with van der Waals surface area (Å²) in [7, 11) is 0. The standard InChI is InChI=1S/C25H29F2N3O4/c1-16(2)24(25(33)29-34-15-17-7-4-3-5-8-17)28-21(31)13-19-11-12-22(32)30(19)14-18-9-6-10-20(26)23(18)27/h3-10,16,19,24H,11-15H2,1-2H3,(H,28,31)(H,29,33)/t19-,24-/m0/s1. The van der Waals surface area contributed by atoms with Crippen LogP contribution < -0.4 is 10.8 Å². The van der Waals surface area contributed by atoms with E-state index in [1.54, 1.807) is 13.8 Å². The van der Waals surface area contributed by atoms with Crippen LogP contribution in [-0.4, -0.2) is 34.7 Å². The highest BCUT2D eigenvalue weighted by Crippen LogP contribution is 2.25. The van der Waals surface area contributed by atoms with Crippen LogP contribution in [-0.2, 0) is 32.4 Å². The van der Waals surface area contributed by atoms with Crippen molar-refractivity contribution in [1.29, 1.82) is 0 Å². The largest absolute Gasteiger partial charge is 0.344 e. The molecule has 34 heavy (non-hydrogen) atoms. The number of benzene rings is 2. The number of hydrogen-bond acceptors (Lipinski definition) is 4. The fourth-order valence-corrected chi connectivity index (χ4v) is 3.89. The zero-order chi connectivity index (χ0) is 24.7. The third kappa shape index (κ3) is 6.60. The number of nitrogens with zero attached hydrogens (tertiary/aromatic N) is 1. The second-order valence-corrected chi connectivity index (χ2v) is 8.66. The minimum atomic E-state index is -1.00. The van der Waals surface area contributed by atoms with Gasteiger partial charge >= 0.3 is 0 Å². The molecule has 1 aliphatic heterocycles. The fraction of sp³-hybridized carbons (Fsp3) is 0.400. The third-order valence-corrected chi connectivity index (χ3v) is 5.77. The average Bonchev–Trinajstić information content (AvgIpc) is 3.14. The van der Waals surface area contributed by atoms with Crippen molar-refractivity contribution in [2.24, 2.45) is 5.92 Å². The van der Waals surface area contributed by atoms with Crippen molar-refractivity contribution in [2.45, 2.75) is 58.3 Å². The van der Waals surface area contributed by atoms with Crippen LogP contribution in [0.15, 0.2) is 48.5 Å². The Hall–Kier alpha value is -3.33. The second kappa shape index (κ2) is 11.7. The predicted molar refractivity (Wildman–Crippen MR) is 121 cm³/mol. The van der Waals surface area contributed by atoms with Gasteiger partial charge in [0.1, 0.15) is 6.04 Å². The maximum Gasteiger partial charge on any atom is 0.266 e. The summed E-state index contributed by atoms with van der Waals surface area (Å²) >= 11 is 0. The van der Waals surface area contributed by atoms with Gasteiger partial charge in [-0.2, -0.15) is 0 Å². The minimum Gasteiger partial charge on any atom is -0.344 e. The number of likely N-dealkylation sites (tertiary alicyclic amines) is 1. The van der Waals surface area contributed by atoms with Gasteiger partial charge in [0.2, 0.25) is 11.8 Å². The summed E-state index contributed by atoms with van der Waals surface area (Å²) in [5, 5.41) is 2.71. The molecular weight excluding hydrogens is 444 g/mol. The van der Waals surface area contributed by atoms with Gasteiger partial charge in [0.15, 0.2) is 11.6 Å². The SMILES string of the molecule is CC(C)[C@H](NC(=O)C[C@@H]1CCC(=O)N1Cc1cccc(F)c1F)C(=O)NOCc1ccccc1. The van der Waals surface area contributed by atoms with Crippen molar-refractivity contribution >= 4 is 17.7 Å². The number of rotatable bonds is 10. The highest BCUT2D eigenvalue weighted by molar-refractivity contribution is 5.88. The molecule has 182 valence electrons. The Morgan fingerprint density at radius 2 is 1.85 bits per heavy atom. The summed E-state index contributed by atoms with van der Waals surface area (Å²) < 4.78 is 27.6. The number of nitrogens with one attached hydrogen (secondary N) is 2. The first-order valence-corrected chi connectivity index (χ1v) is 11.2. The fourth-order valence-electron chi connectivity index (χ4n) is 3.89. The summed E-state index contributed by atoms with van der Waals surface area (Å²) in [6.45, 7) is 3.64. The number of hydrogen-bond donors (Lipinski definition) is 2. The Labute approximate surface area is 197 Å². The summed E-state index contributed by atoms with van der Waals surface area (Å²) in [5.41, 5.74) is 3.31. The molecule has 2 N–H and O–H groups in total. The van der Waals surface area contributed by atoms with Crippen LogP contribution in [0.4, 0.5) is 8.78 Å². The molecule has 2 aromatic rings. The van der Waals surface area contributed by atoms with E-state index in [1.165, 1.54) is 17.0 Å². The molecule has 0 spiro atoms. The Kier molecular flexibility index (Phi) is 8.70. The van der Waals surface area contributed by atoms with Crippen molar-refractivity contribution in [3.05, 3.63) is 71.3 Å². The molecule has 0 unspecified atom stereocenters. The van der Waals surface area contributed by atoms with Crippen molar-refractivity contribution in [3.8, 4) is 0 Å². The molecule has 1 heterocycles. The van der Waals surface area contributed by atoms with E-state index < -0.39 is 35.5 Å². The molecule has 9 heteroatoms. The zero-order valence-electron chi connectivity index (χ0n) is 19.2. The highest BCUT2D eigenvalue weighted by atomic mass is 19.2. The molecule has 0 bridgehead atoms. The maximum absolute atomic E-state index is 14.1. The lowest BCUT2D eigenvalue weighted by Gasteiger charge is -2.26. The van der Waals surface area contributed by atoms with Crippen LogP contribution in [0.5, 0.6) is 0 Å². The van der Waals surface area contributed by atoms with Crippen LogP contribution in [0.25, 0.3) is 0 Å². The first-order chi connectivity index (χ1) is 16.3. The topological polar surface area (TPSA) is 87.7 Å². The summed E-state index contributed by atoms with van der Waals surface area (Å²) in [4.78, 5) is 44.3. The van der Waals surface area contributed by atoms with E-state index in [-0.39, 0.29) is 43.4 Å². The van der Waals surface area contributed by atoms with Gasteiger partial charge in [-0.1, -0.05) is 56.3 Å². The van der Waals surface area contributed by atoms with E-state index in [9.17, 15) is 23.2 Å². The van der Waals surface area contributed by atoms with E-state index in [4.69, 9.17) is 4.84 Å². The molecule has 3 rings (SSSR count). The first kappa shape index (κ1) is 25.3. The molecule has 2 atom stereocenters. The molecule has 0 aliphatic carbocycles. The van der Waals surface area contributed by atoms with Crippen molar-refractivity contribution < 1.29 is 28.0 Å². The molecule has 7 nitrogen and oxygen atoms in total. The Balaban J connectivity index is 1.56. The van der Waals surface area contributed by atoms with Gasteiger partial charge in [-0.05, 0) is 24.0 Å². The number of amides is 3. The lowest BCUT2D eigenvalue weighted by molar-refractivity contribution is -0.141. The molecule has 2 aromatic carbocycles. The first-order valence-electron chi connectivity index (χ1n) is 11.2. The normalized spacial score (nSPS) is 16.6. The quantitative estimate of drug-likeness (QED) is 0.519. The van der Waals surface area contributed by atoms with Gasteiger partial charge < -0.3 is 10.2 Å². The van der Waals surface area contributed by atoms with Crippen LogP contribution in [0.2, 0.25) is 0 Å². The van der Waals surface area contributed by atoms with Crippen LogP contribution in [0, 0.1) is 17.6 Å². The van der Waals surface area contributed by atoms with Gasteiger partial charge in [-0.3, -0.25) is 19.2 Å². The summed E-state index contributed by atoms with van der Waals surface area (Å²) in [6.07, 6.45) is 0.586. The van der Waals surface area contributed by atoms with E-state index in [1.807, 2.05) is 30.3 Å². The van der Waals surface area contributed by atoms with Crippen molar-refractivity contribution in [1.82, 2.24) is 15.7 Å². The molecule has 1 fully saturated rings. The van der Waals surface area contributed by atoms with Crippen LogP contribution in [0.1, 0.15) is 44.2 Å². The van der Waals surface area contributed by atoms with Gasteiger partial charge in [-0.15, -0.1) is 0 Å². The van der Waals surface area contributed by atoms with E-state index >= 15 is 0 Å². The molecule has 0 radical (unpaired) electrons. The molecule has 1 aliphatic rings. The lowest BCUT2D eigenvalue weighted by Crippen LogP contribution is -2.50. The second-order valence-electron chi connectivity index (χ2n) is 8.66. The number of carbonyl (C=O) groups is 3. The number of carbonyl (C=O) groups excluding carboxylic acids is 3. The van der Waals surface area contributed by atoms with Crippen molar-refractivity contribution in [3.63, 3.8) is 0 Å². The third-order valence-electron chi connectivity index (χ3n) is 5.77. The monoisotopic (exact) mass is 473 g/mol. The Morgan fingerprint density at radius 1 is 1.12 bits per heavy atom. The molecular formula is C25H29F2N3O4. The maximum atomic E-state index is 14.1. The zero-order valence-corrected chi connectivity index (χ0v) is 19.2. The smallest absolute Gasteiger partial charge is 0.266 e. The molecule has 0 aromatic heterocycles. The predicted octanol–water partition coefficient (Wildman–Crippen LogP) is 3.23. The van der Waals surface area contributed by atoms with Gasteiger partial charge in [-0.25, -0.2) is 14.3 Å². The minimum absolute atomic E-state index is 0.0515. The Morgan fingerprint density at radius 3 is 2.56 bits per heavy atom. The van der Waals surface area contributed by atoms with Crippen LogP contribution in [0.3, 0.4) is 0 Å². The van der Waals surface area contributed by atoms with Crippen molar-refractivity contribution in [2.75, 3.05) is 0 Å². The summed E-state index contributed by atoms with van der Waals surface area (Å²) in [5.74, 6) is -3.33. The van der Waals surface area contributed by atoms with Gasteiger partial charge in [0.25, 0.3) is 5.91 Å². The molecule has 1 saturated heterocycles. The number of halogens is 2. The average molecular weight is 474 g/mol. The van der Waals surface area contributed by atoms with E-state index in [0.29, 0.717) is 6.42 Å². The molecule has 3 amide bonds. The number of hydroxylamine groups is 1. The van der Waals surface area contributed by atoms with E-state index in [2.05, 4.69) is 10.8 Å². The van der Waals surface area contributed by atoms with E-state index in [0.717, 1.165) is 11.6 Å². The van der Waals surface area contributed by atoms with Gasteiger partial charge in [0.05, 0.1) is 6.61 Å². The lowest BCUT2D eigenvalue weighted by atomic mass is 10.0. The Bertz CT molecular complexity index is 1020. The van der Waals surface area contributed by atoms with Gasteiger partial charge in [0, 0.05) is 31.0 Å². The van der Waals surface area contributed by atoms with Crippen LogP contribution >= 0.6 is 0 Å². The molecule has 0 saturated carbocycles. The highest BCUT2D eigenvalue weighted by Gasteiger charge is 2.34.